The fourth-order valence-electron chi connectivity index (χ4n) is 2.45. The Morgan fingerprint density at radius 2 is 1.72 bits per heavy atom. The summed E-state index contributed by atoms with van der Waals surface area (Å²) in [6.45, 7) is 6.48. The summed E-state index contributed by atoms with van der Waals surface area (Å²) >= 11 is 0. The zero-order chi connectivity index (χ0) is 23.3. The van der Waals surface area contributed by atoms with E-state index >= 15 is 0 Å². The molecule has 9 heteroatoms. The van der Waals surface area contributed by atoms with Gasteiger partial charge >= 0.3 is 11.8 Å². The summed E-state index contributed by atoms with van der Waals surface area (Å²) in [5.41, 5.74) is 3.32. The third-order valence-electron chi connectivity index (χ3n) is 3.97. The third-order valence-corrected chi connectivity index (χ3v) is 3.97. The van der Waals surface area contributed by atoms with Crippen molar-refractivity contribution < 1.29 is 23.9 Å². The van der Waals surface area contributed by atoms with E-state index in [1.165, 1.54) is 6.21 Å². The van der Waals surface area contributed by atoms with Gasteiger partial charge in [0, 0.05) is 17.8 Å². The van der Waals surface area contributed by atoms with Crippen LogP contribution in [-0.4, -0.2) is 43.7 Å². The topological polar surface area (TPSA) is 118 Å². The maximum Gasteiger partial charge on any atom is 0.329 e. The average Bonchev–Trinajstić information content (AvgIpc) is 2.78. The number of ether oxygens (including phenoxy) is 2. The number of nitrogens with one attached hydrogen (secondary N) is 3. The predicted molar refractivity (Wildman–Crippen MR) is 122 cm³/mol. The lowest BCUT2D eigenvalue weighted by Gasteiger charge is -2.10. The molecule has 9 nitrogen and oxygen atoms in total. The van der Waals surface area contributed by atoms with Crippen LogP contribution in [0.15, 0.2) is 53.6 Å². The standard InChI is InChI=1S/C23H28N4O5/c1-4-31-19-11-9-18(10-12-19)26-21(28)15-32-20-8-6-5-7-17(20)14-25-27-23(30)22(29)24-13-16(2)3/h5-12,14,16H,4,13,15H2,1-3H3,(H,24,29)(H,26,28)(H,27,30)/b25-14-. The number of hydrazone groups is 1. The highest BCUT2D eigenvalue weighted by molar-refractivity contribution is 6.35. The van der Waals surface area contributed by atoms with Crippen LogP contribution in [0.4, 0.5) is 5.69 Å². The van der Waals surface area contributed by atoms with Crippen LogP contribution in [0, 0.1) is 5.92 Å². The number of para-hydroxylation sites is 1. The van der Waals surface area contributed by atoms with Gasteiger partial charge in [-0.05, 0) is 49.2 Å². The highest BCUT2D eigenvalue weighted by Gasteiger charge is 2.12. The highest BCUT2D eigenvalue weighted by Crippen LogP contribution is 2.17. The summed E-state index contributed by atoms with van der Waals surface area (Å²) in [6, 6.07) is 13.9. The van der Waals surface area contributed by atoms with E-state index < -0.39 is 11.8 Å². The minimum Gasteiger partial charge on any atom is -0.494 e. The molecule has 0 spiro atoms. The van der Waals surface area contributed by atoms with Crippen LogP contribution in [0.3, 0.4) is 0 Å². The molecule has 0 saturated heterocycles. The Kier molecular flexibility index (Phi) is 9.70. The molecule has 0 saturated carbocycles. The number of nitrogens with zero attached hydrogens (tertiary/aromatic N) is 1. The molecule has 3 N–H and O–H groups in total. The Balaban J connectivity index is 1.87. The van der Waals surface area contributed by atoms with E-state index in [9.17, 15) is 14.4 Å². The Labute approximate surface area is 187 Å². The van der Waals surface area contributed by atoms with Gasteiger partial charge in [0.25, 0.3) is 5.91 Å². The fraction of sp³-hybridized carbons (Fsp3) is 0.304. The minimum absolute atomic E-state index is 0.220. The van der Waals surface area contributed by atoms with Crippen LogP contribution in [0.1, 0.15) is 26.3 Å². The van der Waals surface area contributed by atoms with Crippen LogP contribution in [0.5, 0.6) is 11.5 Å². The second-order valence-corrected chi connectivity index (χ2v) is 7.14. The number of carbonyl (C=O) groups excluding carboxylic acids is 3. The highest BCUT2D eigenvalue weighted by atomic mass is 16.5. The first kappa shape index (κ1) is 24.4. The summed E-state index contributed by atoms with van der Waals surface area (Å²) < 4.78 is 11.0. The normalized spacial score (nSPS) is 10.6. The summed E-state index contributed by atoms with van der Waals surface area (Å²) in [5, 5.41) is 9.03. The molecule has 2 aromatic rings. The summed E-state index contributed by atoms with van der Waals surface area (Å²) in [7, 11) is 0. The number of carbonyl (C=O) groups is 3. The molecule has 0 aliphatic carbocycles. The molecule has 2 aromatic carbocycles. The molecule has 2 rings (SSSR count). The van der Waals surface area contributed by atoms with E-state index in [4.69, 9.17) is 9.47 Å². The van der Waals surface area contributed by atoms with Gasteiger partial charge in [0.1, 0.15) is 11.5 Å². The minimum atomic E-state index is -0.866. The van der Waals surface area contributed by atoms with E-state index in [1.807, 2.05) is 20.8 Å². The van der Waals surface area contributed by atoms with Crippen LogP contribution >= 0.6 is 0 Å². The van der Waals surface area contributed by atoms with Crippen molar-refractivity contribution in [3.63, 3.8) is 0 Å². The van der Waals surface area contributed by atoms with Crippen molar-refractivity contribution in [2.75, 3.05) is 25.1 Å². The smallest absolute Gasteiger partial charge is 0.329 e. The van der Waals surface area contributed by atoms with Gasteiger partial charge in [0.05, 0.1) is 12.8 Å². The Bertz CT molecular complexity index is 942. The first-order valence-corrected chi connectivity index (χ1v) is 10.2. The van der Waals surface area contributed by atoms with Crippen molar-refractivity contribution in [2.24, 2.45) is 11.0 Å². The van der Waals surface area contributed by atoms with Gasteiger partial charge in [-0.2, -0.15) is 5.10 Å². The summed E-state index contributed by atoms with van der Waals surface area (Å²) in [4.78, 5) is 35.6. The molecule has 0 aliphatic heterocycles. The predicted octanol–water partition coefficient (Wildman–Crippen LogP) is 2.33. The summed E-state index contributed by atoms with van der Waals surface area (Å²) in [6.07, 6.45) is 1.34. The van der Waals surface area contributed by atoms with Crippen molar-refractivity contribution in [1.29, 1.82) is 0 Å². The van der Waals surface area contributed by atoms with Crippen molar-refractivity contribution in [3.05, 3.63) is 54.1 Å². The number of hydrogen-bond donors (Lipinski definition) is 3. The monoisotopic (exact) mass is 440 g/mol. The van der Waals surface area contributed by atoms with E-state index in [-0.39, 0.29) is 18.4 Å². The van der Waals surface area contributed by atoms with E-state index in [2.05, 4.69) is 21.2 Å². The molecule has 0 unspecified atom stereocenters. The molecule has 170 valence electrons. The molecule has 3 amide bonds. The van der Waals surface area contributed by atoms with E-state index in [0.717, 1.165) is 5.75 Å². The van der Waals surface area contributed by atoms with Gasteiger partial charge in [-0.3, -0.25) is 14.4 Å². The molecule has 0 heterocycles. The van der Waals surface area contributed by atoms with Crippen molar-refractivity contribution in [1.82, 2.24) is 10.7 Å². The van der Waals surface area contributed by atoms with E-state index in [1.54, 1.807) is 48.5 Å². The quantitative estimate of drug-likeness (QED) is 0.298. The largest absolute Gasteiger partial charge is 0.494 e. The number of rotatable bonds is 10. The molecule has 0 aromatic heterocycles. The van der Waals surface area contributed by atoms with Gasteiger partial charge in [0.15, 0.2) is 6.61 Å². The van der Waals surface area contributed by atoms with E-state index in [0.29, 0.717) is 30.2 Å². The number of anilines is 1. The average molecular weight is 441 g/mol. The van der Waals surface area contributed by atoms with Crippen molar-refractivity contribution >= 4 is 29.6 Å². The Hall–Kier alpha value is -3.88. The zero-order valence-corrected chi connectivity index (χ0v) is 18.4. The fourth-order valence-corrected chi connectivity index (χ4v) is 2.45. The molecule has 0 bridgehead atoms. The molecule has 32 heavy (non-hydrogen) atoms. The Morgan fingerprint density at radius 1 is 1.00 bits per heavy atom. The molecular weight excluding hydrogens is 412 g/mol. The van der Waals surface area contributed by atoms with Gasteiger partial charge < -0.3 is 20.1 Å². The number of benzene rings is 2. The van der Waals surface area contributed by atoms with Crippen LogP contribution < -0.4 is 25.5 Å². The lowest BCUT2D eigenvalue weighted by molar-refractivity contribution is -0.139. The Morgan fingerprint density at radius 3 is 2.41 bits per heavy atom. The van der Waals surface area contributed by atoms with Gasteiger partial charge in [-0.15, -0.1) is 0 Å². The van der Waals surface area contributed by atoms with Gasteiger partial charge in [0.2, 0.25) is 0 Å². The first-order chi connectivity index (χ1) is 15.4. The molecular formula is C23H28N4O5. The molecule has 0 radical (unpaired) electrons. The number of hydrogen-bond acceptors (Lipinski definition) is 6. The molecule has 0 aliphatic rings. The van der Waals surface area contributed by atoms with Crippen molar-refractivity contribution in [2.45, 2.75) is 20.8 Å². The maximum atomic E-state index is 12.2. The SMILES string of the molecule is CCOc1ccc(NC(=O)COc2ccccc2/C=N\NC(=O)C(=O)NCC(C)C)cc1. The third kappa shape index (κ3) is 8.47. The second-order valence-electron chi connectivity index (χ2n) is 7.14. The zero-order valence-electron chi connectivity index (χ0n) is 18.4. The van der Waals surface area contributed by atoms with Gasteiger partial charge in [-0.25, -0.2) is 5.43 Å². The van der Waals surface area contributed by atoms with Crippen LogP contribution in [-0.2, 0) is 14.4 Å². The molecule has 0 fully saturated rings. The lowest BCUT2D eigenvalue weighted by Crippen LogP contribution is -2.39. The summed E-state index contributed by atoms with van der Waals surface area (Å²) in [5.74, 6) is -0.612. The van der Waals surface area contributed by atoms with Crippen molar-refractivity contribution in [3.8, 4) is 11.5 Å². The second kappa shape index (κ2) is 12.7. The van der Waals surface area contributed by atoms with Crippen LogP contribution in [0.2, 0.25) is 0 Å². The van der Waals surface area contributed by atoms with Crippen LogP contribution in [0.25, 0.3) is 0 Å². The number of amides is 3. The molecule has 0 atom stereocenters. The maximum absolute atomic E-state index is 12.2. The first-order valence-electron chi connectivity index (χ1n) is 10.2. The lowest BCUT2D eigenvalue weighted by atomic mass is 10.2. The van der Waals surface area contributed by atoms with Gasteiger partial charge in [-0.1, -0.05) is 26.0 Å².